The second kappa shape index (κ2) is 6.99. The normalized spacial score (nSPS) is 33.0. The van der Waals surface area contributed by atoms with E-state index in [0.717, 1.165) is 71.0 Å². The van der Waals surface area contributed by atoms with Crippen molar-refractivity contribution in [2.75, 3.05) is 26.2 Å². The van der Waals surface area contributed by atoms with E-state index in [2.05, 4.69) is 0 Å². The predicted molar refractivity (Wildman–Crippen MR) is 85.1 cm³/mol. The van der Waals surface area contributed by atoms with E-state index in [9.17, 15) is 9.59 Å². The average Bonchev–Trinajstić information content (AvgIpc) is 3.08. The Kier molecular flexibility index (Phi) is 5.01. The summed E-state index contributed by atoms with van der Waals surface area (Å²) in [6.45, 7) is 3.24. The van der Waals surface area contributed by atoms with Gasteiger partial charge in [0.2, 0.25) is 11.8 Å². The van der Waals surface area contributed by atoms with Gasteiger partial charge in [-0.1, -0.05) is 12.8 Å². The average molecular weight is 307 g/mol. The molecule has 2 aliphatic heterocycles. The number of likely N-dealkylation sites (tertiary alicyclic amines) is 2. The van der Waals surface area contributed by atoms with Crippen LogP contribution in [0.5, 0.6) is 0 Å². The molecule has 2 N–H and O–H groups in total. The van der Waals surface area contributed by atoms with E-state index >= 15 is 0 Å². The van der Waals surface area contributed by atoms with Gasteiger partial charge in [0.15, 0.2) is 0 Å². The van der Waals surface area contributed by atoms with E-state index in [1.165, 1.54) is 0 Å². The smallest absolute Gasteiger partial charge is 0.226 e. The molecule has 3 fully saturated rings. The van der Waals surface area contributed by atoms with Crippen LogP contribution < -0.4 is 5.73 Å². The van der Waals surface area contributed by atoms with Crippen molar-refractivity contribution in [1.29, 1.82) is 0 Å². The first kappa shape index (κ1) is 15.8. The molecule has 0 radical (unpaired) electrons. The van der Waals surface area contributed by atoms with Crippen molar-refractivity contribution in [3.63, 3.8) is 0 Å². The van der Waals surface area contributed by atoms with E-state index in [1.807, 2.05) is 9.80 Å². The highest BCUT2D eigenvalue weighted by Gasteiger charge is 2.40. The van der Waals surface area contributed by atoms with Gasteiger partial charge in [-0.3, -0.25) is 9.59 Å². The maximum absolute atomic E-state index is 12.9. The minimum atomic E-state index is -0.104. The number of nitrogens with two attached hydrogens (primary N) is 1. The molecule has 0 spiro atoms. The summed E-state index contributed by atoms with van der Waals surface area (Å²) in [4.78, 5) is 29.6. The van der Waals surface area contributed by atoms with Gasteiger partial charge in [-0.25, -0.2) is 0 Å². The second-order valence-corrected chi connectivity index (χ2v) is 7.22. The Morgan fingerprint density at radius 2 is 1.27 bits per heavy atom. The van der Waals surface area contributed by atoms with Crippen LogP contribution >= 0.6 is 0 Å². The molecule has 0 aromatic heterocycles. The van der Waals surface area contributed by atoms with Crippen molar-refractivity contribution in [3.8, 4) is 0 Å². The molecule has 0 aromatic carbocycles. The Bertz CT molecular complexity index is 420. The van der Waals surface area contributed by atoms with Gasteiger partial charge in [-0.05, 0) is 38.5 Å². The lowest BCUT2D eigenvalue weighted by Crippen LogP contribution is -2.51. The molecule has 0 bridgehead atoms. The minimum Gasteiger partial charge on any atom is -0.342 e. The van der Waals surface area contributed by atoms with Crippen LogP contribution in [0.2, 0.25) is 0 Å². The highest BCUT2D eigenvalue weighted by atomic mass is 16.2. The molecule has 1 aliphatic carbocycles. The SMILES string of the molecule is NC1CCCN(C(=O)C2CCCCC2C(=O)N2CCCC2)C1. The second-order valence-electron chi connectivity index (χ2n) is 7.22. The molecule has 22 heavy (non-hydrogen) atoms. The van der Waals surface area contributed by atoms with Crippen LogP contribution in [0.15, 0.2) is 0 Å². The van der Waals surface area contributed by atoms with Crippen LogP contribution in [-0.2, 0) is 9.59 Å². The number of piperidine rings is 1. The number of hydrogen-bond acceptors (Lipinski definition) is 3. The van der Waals surface area contributed by atoms with Gasteiger partial charge in [0, 0.05) is 44.1 Å². The largest absolute Gasteiger partial charge is 0.342 e. The Labute approximate surface area is 133 Å². The van der Waals surface area contributed by atoms with Crippen LogP contribution in [0.3, 0.4) is 0 Å². The van der Waals surface area contributed by atoms with Crippen LogP contribution in [0.25, 0.3) is 0 Å². The highest BCUT2D eigenvalue weighted by Crippen LogP contribution is 2.34. The molecule has 5 heteroatoms. The summed E-state index contributed by atoms with van der Waals surface area (Å²) in [5.41, 5.74) is 6.02. The lowest BCUT2D eigenvalue weighted by molar-refractivity contribution is -0.148. The van der Waals surface area contributed by atoms with Gasteiger partial charge in [-0.2, -0.15) is 0 Å². The first-order valence-corrected chi connectivity index (χ1v) is 9.00. The Morgan fingerprint density at radius 3 is 1.86 bits per heavy atom. The monoisotopic (exact) mass is 307 g/mol. The first-order valence-electron chi connectivity index (χ1n) is 9.00. The van der Waals surface area contributed by atoms with Crippen LogP contribution in [-0.4, -0.2) is 53.8 Å². The minimum absolute atomic E-state index is 0.0856. The Hall–Kier alpha value is -1.10. The molecular weight excluding hydrogens is 278 g/mol. The number of amides is 2. The van der Waals surface area contributed by atoms with Crippen molar-refractivity contribution >= 4 is 11.8 Å². The van der Waals surface area contributed by atoms with Gasteiger partial charge in [0.25, 0.3) is 0 Å². The van der Waals surface area contributed by atoms with Gasteiger partial charge in [-0.15, -0.1) is 0 Å². The van der Waals surface area contributed by atoms with E-state index in [0.29, 0.717) is 6.54 Å². The van der Waals surface area contributed by atoms with Gasteiger partial charge in [0.05, 0.1) is 0 Å². The van der Waals surface area contributed by atoms with Crippen molar-refractivity contribution < 1.29 is 9.59 Å². The molecule has 1 saturated carbocycles. The third-order valence-corrected chi connectivity index (χ3v) is 5.59. The maximum atomic E-state index is 12.9. The number of carbonyl (C=O) groups is 2. The summed E-state index contributed by atoms with van der Waals surface area (Å²) in [6.07, 6.45) is 8.11. The molecule has 3 rings (SSSR count). The highest BCUT2D eigenvalue weighted by molar-refractivity contribution is 5.88. The van der Waals surface area contributed by atoms with E-state index in [1.54, 1.807) is 0 Å². The van der Waals surface area contributed by atoms with Gasteiger partial charge in [0.1, 0.15) is 0 Å². The quantitative estimate of drug-likeness (QED) is 0.838. The van der Waals surface area contributed by atoms with Crippen molar-refractivity contribution in [2.24, 2.45) is 17.6 Å². The van der Waals surface area contributed by atoms with Crippen molar-refractivity contribution in [2.45, 2.75) is 57.4 Å². The van der Waals surface area contributed by atoms with Crippen molar-refractivity contribution in [3.05, 3.63) is 0 Å². The van der Waals surface area contributed by atoms with Crippen molar-refractivity contribution in [1.82, 2.24) is 9.80 Å². The van der Waals surface area contributed by atoms with Crippen LogP contribution in [0.1, 0.15) is 51.4 Å². The first-order chi connectivity index (χ1) is 10.7. The summed E-state index contributed by atoms with van der Waals surface area (Å²) in [6, 6.07) is 0.106. The number of hydrogen-bond donors (Lipinski definition) is 1. The van der Waals surface area contributed by atoms with E-state index in [-0.39, 0.29) is 29.7 Å². The summed E-state index contributed by atoms with van der Waals surface area (Å²) in [7, 11) is 0. The molecule has 3 unspecified atom stereocenters. The maximum Gasteiger partial charge on any atom is 0.226 e. The molecule has 3 atom stereocenters. The molecule has 0 aromatic rings. The topological polar surface area (TPSA) is 66.6 Å². The number of nitrogens with zero attached hydrogens (tertiary/aromatic N) is 2. The van der Waals surface area contributed by atoms with Gasteiger partial charge >= 0.3 is 0 Å². The Morgan fingerprint density at radius 1 is 0.727 bits per heavy atom. The lowest BCUT2D eigenvalue weighted by Gasteiger charge is -2.38. The van der Waals surface area contributed by atoms with Crippen LogP contribution in [0.4, 0.5) is 0 Å². The fourth-order valence-corrected chi connectivity index (χ4v) is 4.34. The molecule has 2 saturated heterocycles. The number of rotatable bonds is 2. The Balaban J connectivity index is 1.68. The molecule has 2 heterocycles. The molecular formula is C17H29N3O2. The zero-order chi connectivity index (χ0) is 15.5. The number of carbonyl (C=O) groups excluding carboxylic acids is 2. The summed E-state index contributed by atoms with van der Waals surface area (Å²) < 4.78 is 0. The van der Waals surface area contributed by atoms with Crippen LogP contribution in [0, 0.1) is 11.8 Å². The standard InChI is InChI=1S/C17H29N3O2/c18-13-6-5-11-20(12-13)17(22)15-8-2-1-7-14(15)16(21)19-9-3-4-10-19/h13-15H,1-12,18H2. The third kappa shape index (κ3) is 3.29. The van der Waals surface area contributed by atoms with E-state index < -0.39 is 0 Å². The molecule has 3 aliphatic rings. The lowest BCUT2D eigenvalue weighted by atomic mass is 9.77. The molecule has 124 valence electrons. The van der Waals surface area contributed by atoms with Gasteiger partial charge < -0.3 is 15.5 Å². The molecule has 5 nitrogen and oxygen atoms in total. The fourth-order valence-electron chi connectivity index (χ4n) is 4.34. The molecule has 2 amide bonds. The summed E-state index contributed by atoms with van der Waals surface area (Å²) in [5.74, 6) is 0.230. The zero-order valence-corrected chi connectivity index (χ0v) is 13.5. The van der Waals surface area contributed by atoms with E-state index in [4.69, 9.17) is 5.73 Å². The summed E-state index contributed by atoms with van der Waals surface area (Å²) >= 11 is 0. The fraction of sp³-hybridized carbons (Fsp3) is 0.882. The summed E-state index contributed by atoms with van der Waals surface area (Å²) in [5, 5.41) is 0. The third-order valence-electron chi connectivity index (χ3n) is 5.59. The predicted octanol–water partition coefficient (Wildman–Crippen LogP) is 1.36. The zero-order valence-electron chi connectivity index (χ0n) is 13.5.